The lowest BCUT2D eigenvalue weighted by atomic mass is 10.1. The Morgan fingerprint density at radius 2 is 2.19 bits per heavy atom. The lowest BCUT2D eigenvalue weighted by Gasteiger charge is -2.16. The maximum absolute atomic E-state index is 5.87. The zero-order valence-electron chi connectivity index (χ0n) is 9.90. The van der Waals surface area contributed by atoms with Gasteiger partial charge in [-0.3, -0.25) is 4.68 Å². The van der Waals surface area contributed by atoms with Gasteiger partial charge in [-0.05, 0) is 48.7 Å². The number of hydrogen-bond donors (Lipinski definition) is 1. The zero-order chi connectivity index (χ0) is 11.7. The molecule has 0 bridgehead atoms. The molecule has 16 heavy (non-hydrogen) atoms. The van der Waals surface area contributed by atoms with Crippen LogP contribution in [0.4, 0.5) is 0 Å². The van der Waals surface area contributed by atoms with E-state index < -0.39 is 0 Å². The smallest absolute Gasteiger partial charge is 0.0901 e. The van der Waals surface area contributed by atoms with Crippen LogP contribution in [0.15, 0.2) is 16.8 Å². The molecule has 1 atom stereocenters. The van der Waals surface area contributed by atoms with Crippen LogP contribution in [0.25, 0.3) is 0 Å². The minimum atomic E-state index is 0.165. The lowest BCUT2D eigenvalue weighted by molar-refractivity contribution is 0.517. The van der Waals surface area contributed by atoms with Crippen LogP contribution in [-0.4, -0.2) is 16.3 Å². The van der Waals surface area contributed by atoms with Gasteiger partial charge in [0, 0.05) is 12.2 Å². The van der Waals surface area contributed by atoms with E-state index in [9.17, 15) is 0 Å². The Hall–Kier alpha value is -1.13. The minimum Gasteiger partial charge on any atom is -0.328 e. The first-order valence-corrected chi connectivity index (χ1v) is 6.34. The second kappa shape index (κ2) is 4.39. The molecule has 0 saturated heterocycles. The highest BCUT2D eigenvalue weighted by Crippen LogP contribution is 2.23. The fraction of sp³-hybridized carbons (Fsp3) is 0.417. The largest absolute Gasteiger partial charge is 0.328 e. The summed E-state index contributed by atoms with van der Waals surface area (Å²) in [5, 5.41) is 8.80. The highest BCUT2D eigenvalue weighted by molar-refractivity contribution is 7.07. The summed E-state index contributed by atoms with van der Waals surface area (Å²) in [4.78, 5) is 0. The molecule has 2 aromatic heterocycles. The molecule has 0 aromatic carbocycles. The van der Waals surface area contributed by atoms with Crippen molar-refractivity contribution >= 4 is 11.3 Å². The fourth-order valence-electron chi connectivity index (χ4n) is 1.89. The quantitative estimate of drug-likeness (QED) is 0.888. The van der Waals surface area contributed by atoms with Gasteiger partial charge < -0.3 is 5.73 Å². The van der Waals surface area contributed by atoms with E-state index in [4.69, 9.17) is 5.73 Å². The molecule has 1 unspecified atom stereocenters. The van der Waals surface area contributed by atoms with Gasteiger partial charge in [0.05, 0.1) is 11.7 Å². The molecule has 2 N–H and O–H groups in total. The third-order valence-electron chi connectivity index (χ3n) is 3.13. The average molecular weight is 235 g/mol. The predicted octanol–water partition coefficient (Wildman–Crippen LogP) is 2.42. The van der Waals surface area contributed by atoms with Crippen molar-refractivity contribution in [2.24, 2.45) is 5.73 Å². The molecular weight excluding hydrogens is 218 g/mol. The Balaban J connectivity index is 2.45. The van der Waals surface area contributed by atoms with E-state index in [1.54, 1.807) is 11.3 Å². The second-order valence-corrected chi connectivity index (χ2v) is 4.83. The van der Waals surface area contributed by atoms with Gasteiger partial charge in [-0.2, -0.15) is 16.4 Å². The first kappa shape index (κ1) is 11.4. The van der Waals surface area contributed by atoms with Crippen LogP contribution in [0.1, 0.15) is 28.6 Å². The molecule has 2 rings (SSSR count). The summed E-state index contributed by atoms with van der Waals surface area (Å²) in [5.41, 5.74) is 10.7. The van der Waals surface area contributed by atoms with Crippen molar-refractivity contribution in [3.63, 3.8) is 0 Å². The maximum Gasteiger partial charge on any atom is 0.0901 e. The average Bonchev–Trinajstić information content (AvgIpc) is 2.86. The van der Waals surface area contributed by atoms with E-state index in [0.717, 1.165) is 5.69 Å². The molecule has 2 heterocycles. The Kier molecular flexibility index (Phi) is 3.12. The van der Waals surface area contributed by atoms with Gasteiger partial charge in [0.1, 0.15) is 0 Å². The Morgan fingerprint density at radius 1 is 1.44 bits per heavy atom. The lowest BCUT2D eigenvalue weighted by Crippen LogP contribution is -2.22. The van der Waals surface area contributed by atoms with E-state index >= 15 is 0 Å². The summed E-state index contributed by atoms with van der Waals surface area (Å²) >= 11 is 1.70. The van der Waals surface area contributed by atoms with Crippen molar-refractivity contribution in [2.45, 2.75) is 26.8 Å². The van der Waals surface area contributed by atoms with E-state index in [1.165, 1.54) is 16.8 Å². The molecule has 0 aliphatic rings. The maximum atomic E-state index is 5.87. The van der Waals surface area contributed by atoms with E-state index in [-0.39, 0.29) is 6.04 Å². The van der Waals surface area contributed by atoms with Gasteiger partial charge in [-0.25, -0.2) is 0 Å². The standard InChI is InChI=1S/C12H17N3S/c1-8-9(2)14-15(10(8)3)12(6-13)11-4-5-16-7-11/h4-5,7,12H,6,13H2,1-3H3. The number of rotatable bonds is 3. The third kappa shape index (κ3) is 1.79. The molecule has 4 heteroatoms. The van der Waals surface area contributed by atoms with Crippen molar-refractivity contribution in [3.05, 3.63) is 39.3 Å². The van der Waals surface area contributed by atoms with Crippen molar-refractivity contribution in [1.82, 2.24) is 9.78 Å². The number of nitrogens with zero attached hydrogens (tertiary/aromatic N) is 2. The second-order valence-electron chi connectivity index (χ2n) is 4.05. The molecule has 0 spiro atoms. The molecule has 0 aliphatic carbocycles. The Morgan fingerprint density at radius 3 is 2.62 bits per heavy atom. The molecule has 0 aliphatic heterocycles. The van der Waals surface area contributed by atoms with Crippen LogP contribution >= 0.6 is 11.3 Å². The van der Waals surface area contributed by atoms with Gasteiger partial charge in [-0.1, -0.05) is 0 Å². The van der Waals surface area contributed by atoms with E-state index in [0.29, 0.717) is 6.54 Å². The molecule has 86 valence electrons. The molecule has 3 nitrogen and oxygen atoms in total. The van der Waals surface area contributed by atoms with Crippen LogP contribution in [0.3, 0.4) is 0 Å². The Bertz CT molecular complexity index is 471. The summed E-state index contributed by atoms with van der Waals surface area (Å²) in [5.74, 6) is 0. The molecule has 0 amide bonds. The van der Waals surface area contributed by atoms with Crippen molar-refractivity contribution in [3.8, 4) is 0 Å². The van der Waals surface area contributed by atoms with Crippen LogP contribution in [0.5, 0.6) is 0 Å². The van der Waals surface area contributed by atoms with Gasteiger partial charge in [0.15, 0.2) is 0 Å². The summed E-state index contributed by atoms with van der Waals surface area (Å²) in [7, 11) is 0. The molecule has 0 saturated carbocycles. The molecule has 2 aromatic rings. The minimum absolute atomic E-state index is 0.165. The van der Waals surface area contributed by atoms with Crippen molar-refractivity contribution in [2.75, 3.05) is 6.54 Å². The van der Waals surface area contributed by atoms with Crippen molar-refractivity contribution in [1.29, 1.82) is 0 Å². The van der Waals surface area contributed by atoms with E-state index in [1.807, 2.05) is 11.6 Å². The monoisotopic (exact) mass is 235 g/mol. The molecular formula is C12H17N3S. The van der Waals surface area contributed by atoms with Crippen LogP contribution in [-0.2, 0) is 0 Å². The van der Waals surface area contributed by atoms with E-state index in [2.05, 4.69) is 35.8 Å². The van der Waals surface area contributed by atoms with Gasteiger partial charge >= 0.3 is 0 Å². The molecule has 0 radical (unpaired) electrons. The number of thiophene rings is 1. The number of aromatic nitrogens is 2. The van der Waals surface area contributed by atoms with Crippen molar-refractivity contribution < 1.29 is 0 Å². The number of nitrogens with two attached hydrogens (primary N) is 1. The summed E-state index contributed by atoms with van der Waals surface area (Å²) in [6, 6.07) is 2.28. The first-order chi connectivity index (χ1) is 7.65. The first-order valence-electron chi connectivity index (χ1n) is 5.39. The third-order valence-corrected chi connectivity index (χ3v) is 3.83. The summed E-state index contributed by atoms with van der Waals surface area (Å²) in [6.07, 6.45) is 0. The highest BCUT2D eigenvalue weighted by atomic mass is 32.1. The highest BCUT2D eigenvalue weighted by Gasteiger charge is 2.17. The van der Waals surface area contributed by atoms with Crippen LogP contribution < -0.4 is 5.73 Å². The normalized spacial score (nSPS) is 13.0. The van der Waals surface area contributed by atoms with Gasteiger partial charge in [0.2, 0.25) is 0 Å². The SMILES string of the molecule is Cc1nn(C(CN)c2ccsc2)c(C)c1C. The number of hydrogen-bond acceptors (Lipinski definition) is 3. The molecule has 0 fully saturated rings. The fourth-order valence-corrected chi connectivity index (χ4v) is 2.60. The predicted molar refractivity (Wildman–Crippen MR) is 68.0 cm³/mol. The van der Waals surface area contributed by atoms with Gasteiger partial charge in [-0.15, -0.1) is 0 Å². The number of aryl methyl sites for hydroxylation is 1. The summed E-state index contributed by atoms with van der Waals surface area (Å²) in [6.45, 7) is 6.83. The van der Waals surface area contributed by atoms with Crippen LogP contribution in [0, 0.1) is 20.8 Å². The summed E-state index contributed by atoms with van der Waals surface area (Å²) < 4.78 is 2.05. The zero-order valence-corrected chi connectivity index (χ0v) is 10.7. The topological polar surface area (TPSA) is 43.8 Å². The van der Waals surface area contributed by atoms with Gasteiger partial charge in [0.25, 0.3) is 0 Å². The Labute approximate surface area is 99.9 Å². The van der Waals surface area contributed by atoms with Crippen LogP contribution in [0.2, 0.25) is 0 Å².